The third kappa shape index (κ3) is 2.27. The van der Waals surface area contributed by atoms with E-state index in [4.69, 9.17) is 29.0 Å². The first-order valence-corrected chi connectivity index (χ1v) is 5.34. The summed E-state index contributed by atoms with van der Waals surface area (Å²) >= 11 is 11.8. The monoisotopic (exact) mass is 253 g/mol. The summed E-state index contributed by atoms with van der Waals surface area (Å²) in [5.74, 6) is 5.33. The molecule has 1 aromatic heterocycles. The van der Waals surface area contributed by atoms with Crippen molar-refractivity contribution >= 4 is 28.9 Å². The molecule has 2 aromatic rings. The van der Waals surface area contributed by atoms with Crippen molar-refractivity contribution in [3.63, 3.8) is 0 Å². The SMILES string of the molecule is NNc1ccnc(-c2ccc(Cl)c(Cl)c2)c1. The van der Waals surface area contributed by atoms with Gasteiger partial charge in [0.1, 0.15) is 0 Å². The number of rotatable bonds is 2. The molecule has 0 spiro atoms. The predicted molar refractivity (Wildman–Crippen MR) is 67.5 cm³/mol. The van der Waals surface area contributed by atoms with Crippen LogP contribution >= 0.6 is 23.2 Å². The Hall–Kier alpha value is -1.29. The Morgan fingerprint density at radius 1 is 1.06 bits per heavy atom. The van der Waals surface area contributed by atoms with Crippen molar-refractivity contribution in [3.05, 3.63) is 46.6 Å². The first-order valence-electron chi connectivity index (χ1n) is 4.59. The molecular formula is C11H9Cl2N3. The molecule has 0 saturated carbocycles. The maximum absolute atomic E-state index is 5.94. The molecule has 0 unspecified atom stereocenters. The van der Waals surface area contributed by atoms with Gasteiger partial charge in [0, 0.05) is 11.8 Å². The maximum atomic E-state index is 5.94. The summed E-state index contributed by atoms with van der Waals surface area (Å²) in [5.41, 5.74) is 5.03. The average Bonchev–Trinajstić information content (AvgIpc) is 2.33. The minimum absolute atomic E-state index is 0.507. The third-order valence-electron chi connectivity index (χ3n) is 2.14. The molecule has 16 heavy (non-hydrogen) atoms. The molecule has 0 aliphatic heterocycles. The summed E-state index contributed by atoms with van der Waals surface area (Å²) in [6, 6.07) is 8.98. The van der Waals surface area contributed by atoms with Gasteiger partial charge in [0.05, 0.1) is 21.4 Å². The van der Waals surface area contributed by atoms with E-state index >= 15 is 0 Å². The van der Waals surface area contributed by atoms with E-state index in [1.165, 1.54) is 0 Å². The maximum Gasteiger partial charge on any atom is 0.0723 e. The summed E-state index contributed by atoms with van der Waals surface area (Å²) < 4.78 is 0. The second-order valence-corrected chi connectivity index (χ2v) is 4.02. The van der Waals surface area contributed by atoms with Gasteiger partial charge in [-0.05, 0) is 24.3 Å². The normalized spacial score (nSPS) is 10.2. The number of nitrogen functional groups attached to an aromatic ring is 1. The van der Waals surface area contributed by atoms with Gasteiger partial charge in [0.25, 0.3) is 0 Å². The molecule has 0 aliphatic carbocycles. The predicted octanol–water partition coefficient (Wildman–Crippen LogP) is 3.34. The quantitative estimate of drug-likeness (QED) is 0.638. The number of halogens is 2. The van der Waals surface area contributed by atoms with E-state index in [1.54, 1.807) is 24.4 Å². The van der Waals surface area contributed by atoms with Crippen molar-refractivity contribution in [1.29, 1.82) is 0 Å². The van der Waals surface area contributed by atoms with Gasteiger partial charge in [-0.15, -0.1) is 0 Å². The highest BCUT2D eigenvalue weighted by Crippen LogP contribution is 2.28. The van der Waals surface area contributed by atoms with Crippen molar-refractivity contribution in [1.82, 2.24) is 4.98 Å². The molecular weight excluding hydrogens is 245 g/mol. The molecule has 82 valence electrons. The van der Waals surface area contributed by atoms with Gasteiger partial charge in [-0.1, -0.05) is 29.3 Å². The number of nitrogens with two attached hydrogens (primary N) is 1. The van der Waals surface area contributed by atoms with Crippen molar-refractivity contribution in [2.24, 2.45) is 5.84 Å². The molecule has 2 rings (SSSR count). The zero-order chi connectivity index (χ0) is 11.5. The van der Waals surface area contributed by atoms with Crippen LogP contribution in [0.1, 0.15) is 0 Å². The van der Waals surface area contributed by atoms with Crippen LogP contribution in [0.25, 0.3) is 11.3 Å². The van der Waals surface area contributed by atoms with Gasteiger partial charge < -0.3 is 5.43 Å². The van der Waals surface area contributed by atoms with Crippen LogP contribution in [0.3, 0.4) is 0 Å². The Kier molecular flexibility index (Phi) is 3.29. The number of benzene rings is 1. The number of hydrogen-bond acceptors (Lipinski definition) is 3. The number of aromatic nitrogens is 1. The van der Waals surface area contributed by atoms with Crippen LogP contribution in [0, 0.1) is 0 Å². The van der Waals surface area contributed by atoms with Gasteiger partial charge >= 0.3 is 0 Å². The summed E-state index contributed by atoms with van der Waals surface area (Å²) in [6.07, 6.45) is 1.67. The van der Waals surface area contributed by atoms with Crippen LogP contribution in [0.4, 0.5) is 5.69 Å². The molecule has 0 aliphatic rings. The molecule has 0 saturated heterocycles. The van der Waals surface area contributed by atoms with Gasteiger partial charge in [0.15, 0.2) is 0 Å². The van der Waals surface area contributed by atoms with E-state index in [0.717, 1.165) is 16.9 Å². The highest BCUT2D eigenvalue weighted by atomic mass is 35.5. The number of pyridine rings is 1. The summed E-state index contributed by atoms with van der Waals surface area (Å²) in [5, 5.41) is 1.03. The lowest BCUT2D eigenvalue weighted by molar-refractivity contribution is 1.28. The van der Waals surface area contributed by atoms with Crippen LogP contribution in [0.15, 0.2) is 36.5 Å². The molecule has 5 heteroatoms. The van der Waals surface area contributed by atoms with E-state index in [2.05, 4.69) is 10.4 Å². The zero-order valence-corrected chi connectivity index (χ0v) is 9.76. The number of hydrogen-bond donors (Lipinski definition) is 2. The van der Waals surface area contributed by atoms with Gasteiger partial charge in [-0.25, -0.2) is 0 Å². The molecule has 0 atom stereocenters. The van der Waals surface area contributed by atoms with Gasteiger partial charge in [0.2, 0.25) is 0 Å². The molecule has 0 fully saturated rings. The van der Waals surface area contributed by atoms with Crippen LogP contribution in [-0.4, -0.2) is 4.98 Å². The molecule has 3 nitrogen and oxygen atoms in total. The highest BCUT2D eigenvalue weighted by Gasteiger charge is 2.03. The van der Waals surface area contributed by atoms with E-state index in [0.29, 0.717) is 10.0 Å². The highest BCUT2D eigenvalue weighted by molar-refractivity contribution is 6.42. The van der Waals surface area contributed by atoms with Crippen LogP contribution in [0.5, 0.6) is 0 Å². The van der Waals surface area contributed by atoms with E-state index in [9.17, 15) is 0 Å². The average molecular weight is 254 g/mol. The standard InChI is InChI=1S/C11H9Cl2N3/c12-9-2-1-7(5-10(9)13)11-6-8(16-14)3-4-15-11/h1-6H,14H2,(H,15,16). The lowest BCUT2D eigenvalue weighted by Gasteiger charge is -2.05. The largest absolute Gasteiger partial charge is 0.324 e. The summed E-state index contributed by atoms with van der Waals surface area (Å²) in [6.45, 7) is 0. The van der Waals surface area contributed by atoms with E-state index < -0.39 is 0 Å². The molecule has 1 heterocycles. The Morgan fingerprint density at radius 2 is 1.88 bits per heavy atom. The Morgan fingerprint density at radius 3 is 2.56 bits per heavy atom. The van der Waals surface area contributed by atoms with Crippen LogP contribution in [-0.2, 0) is 0 Å². The lowest BCUT2D eigenvalue weighted by atomic mass is 10.1. The summed E-state index contributed by atoms with van der Waals surface area (Å²) in [7, 11) is 0. The van der Waals surface area contributed by atoms with Gasteiger partial charge in [-0.2, -0.15) is 0 Å². The third-order valence-corrected chi connectivity index (χ3v) is 2.88. The molecule has 0 radical (unpaired) electrons. The van der Waals surface area contributed by atoms with Crippen LogP contribution in [0.2, 0.25) is 10.0 Å². The molecule has 0 bridgehead atoms. The fourth-order valence-electron chi connectivity index (χ4n) is 1.33. The molecule has 3 N–H and O–H groups in total. The van der Waals surface area contributed by atoms with E-state index in [-0.39, 0.29) is 0 Å². The molecule has 1 aromatic carbocycles. The second kappa shape index (κ2) is 4.70. The minimum atomic E-state index is 0.507. The fraction of sp³-hybridized carbons (Fsp3) is 0. The van der Waals surface area contributed by atoms with E-state index in [1.807, 2.05) is 12.1 Å². The number of nitrogens with zero attached hydrogens (tertiary/aromatic N) is 1. The number of nitrogens with one attached hydrogen (secondary N) is 1. The first kappa shape index (κ1) is 11.2. The Balaban J connectivity index is 2.46. The Bertz CT molecular complexity index is 514. The topological polar surface area (TPSA) is 50.9 Å². The smallest absolute Gasteiger partial charge is 0.0723 e. The van der Waals surface area contributed by atoms with Crippen molar-refractivity contribution < 1.29 is 0 Å². The van der Waals surface area contributed by atoms with Crippen LogP contribution < -0.4 is 11.3 Å². The second-order valence-electron chi connectivity index (χ2n) is 3.20. The summed E-state index contributed by atoms with van der Waals surface area (Å²) in [4.78, 5) is 4.23. The van der Waals surface area contributed by atoms with Gasteiger partial charge in [-0.3, -0.25) is 10.8 Å². The number of anilines is 1. The van der Waals surface area contributed by atoms with Crippen molar-refractivity contribution in [3.8, 4) is 11.3 Å². The Labute approximate surface area is 103 Å². The minimum Gasteiger partial charge on any atom is -0.324 e. The zero-order valence-electron chi connectivity index (χ0n) is 8.24. The molecule has 0 amide bonds. The number of hydrazine groups is 1. The van der Waals surface area contributed by atoms with Crippen molar-refractivity contribution in [2.45, 2.75) is 0 Å². The lowest BCUT2D eigenvalue weighted by Crippen LogP contribution is -2.06. The first-order chi connectivity index (χ1) is 7.70. The fourth-order valence-corrected chi connectivity index (χ4v) is 1.63. The van der Waals surface area contributed by atoms with Crippen molar-refractivity contribution in [2.75, 3.05) is 5.43 Å².